The smallest absolute Gasteiger partial charge is 0.437 e. The van der Waals surface area contributed by atoms with E-state index in [-0.39, 0.29) is 6.42 Å². The van der Waals surface area contributed by atoms with Gasteiger partial charge in [0, 0.05) is 17.5 Å². The molecular formula is C22H37N3O5. The Labute approximate surface area is 184 Å². The molecule has 0 fully saturated rings. The number of aliphatic imine (C=N–C) groups is 1. The highest BCUT2D eigenvalue weighted by atomic mass is 16.6. The molecule has 0 aromatic rings. The lowest BCUT2D eigenvalue weighted by molar-refractivity contribution is -0.147. The zero-order chi connectivity index (χ0) is 25.1. The molecule has 1 aliphatic heterocycles. The molecule has 1 atom stereocenters. The van der Waals surface area contributed by atoms with Crippen molar-refractivity contribution >= 4 is 23.9 Å². The number of guanidine groups is 1. The first-order valence-corrected chi connectivity index (χ1v) is 10.6. The minimum absolute atomic E-state index is 0.129. The van der Waals surface area contributed by atoms with Gasteiger partial charge in [-0.05, 0) is 52.5 Å². The van der Waals surface area contributed by atoms with Crippen LogP contribution < -0.4 is 5.32 Å². The van der Waals surface area contributed by atoms with Crippen molar-refractivity contribution in [3.63, 3.8) is 0 Å². The number of likely N-dealkylation sites (N-methyl/N-ethyl adjacent to an activating group) is 1. The third-order valence-corrected chi connectivity index (χ3v) is 4.20. The fourth-order valence-electron chi connectivity index (χ4n) is 2.71. The highest BCUT2D eigenvalue weighted by Gasteiger charge is 2.21. The van der Waals surface area contributed by atoms with E-state index in [4.69, 9.17) is 13.6 Å². The third-order valence-electron chi connectivity index (χ3n) is 4.20. The van der Waals surface area contributed by atoms with Crippen LogP contribution in [0.4, 0.5) is 4.79 Å². The summed E-state index contributed by atoms with van der Waals surface area (Å²) < 4.78 is 34.1. The van der Waals surface area contributed by atoms with Gasteiger partial charge in [0.05, 0.1) is 0 Å². The molecule has 1 heterocycles. The molecule has 0 spiro atoms. The molecule has 1 N–H and O–H groups in total. The standard InChI is InChI=1S/C22H37N3O5/c1-6-17-14-12-10-8-7-9-11-13-15-18(26)23-20(25(5)16-19(27)29-17)24-21(28)30-22(2,3)4/h12,14,17H,6-11,13,15-16H2,1-5H3,(H,23,24,26,28)/b14-12-/i5D3. The predicted molar refractivity (Wildman–Crippen MR) is 116 cm³/mol. The Hall–Kier alpha value is -2.38. The van der Waals surface area contributed by atoms with Gasteiger partial charge in [-0.25, -0.2) is 4.79 Å². The number of hydrogen-bond donors (Lipinski definition) is 1. The van der Waals surface area contributed by atoms with Gasteiger partial charge in [0.2, 0.25) is 11.9 Å². The number of rotatable bonds is 1. The maximum Gasteiger partial charge on any atom is 0.437 e. The molecule has 0 saturated heterocycles. The summed E-state index contributed by atoms with van der Waals surface area (Å²) >= 11 is 0. The van der Waals surface area contributed by atoms with E-state index in [1.54, 1.807) is 26.8 Å². The van der Waals surface area contributed by atoms with E-state index in [1.165, 1.54) is 0 Å². The molecule has 1 rings (SSSR count). The molecule has 8 nitrogen and oxygen atoms in total. The molecule has 0 aromatic carbocycles. The Morgan fingerprint density at radius 2 is 2.00 bits per heavy atom. The van der Waals surface area contributed by atoms with Crippen molar-refractivity contribution < 1.29 is 28.0 Å². The fraction of sp³-hybridized carbons (Fsp3) is 0.727. The molecule has 0 aromatic heterocycles. The van der Waals surface area contributed by atoms with E-state index in [2.05, 4.69) is 10.3 Å². The van der Waals surface area contributed by atoms with Gasteiger partial charge in [-0.15, -0.1) is 4.99 Å². The maximum absolute atomic E-state index is 12.6. The summed E-state index contributed by atoms with van der Waals surface area (Å²) in [4.78, 5) is 41.6. The number of esters is 1. The first kappa shape index (κ1) is 20.9. The van der Waals surface area contributed by atoms with Gasteiger partial charge < -0.3 is 14.4 Å². The zero-order valence-corrected chi connectivity index (χ0v) is 18.5. The van der Waals surface area contributed by atoms with Crippen LogP contribution in [0.1, 0.15) is 83.2 Å². The van der Waals surface area contributed by atoms with Crippen molar-refractivity contribution in [1.29, 1.82) is 0 Å². The number of hydrogen-bond acceptors (Lipinski definition) is 5. The molecule has 8 heteroatoms. The largest absolute Gasteiger partial charge is 0.457 e. The molecule has 0 radical (unpaired) electrons. The second-order valence-corrected chi connectivity index (χ2v) is 8.22. The summed E-state index contributed by atoms with van der Waals surface area (Å²) in [7, 11) is 0. The number of nitrogens with one attached hydrogen (secondary N) is 1. The highest BCUT2D eigenvalue weighted by molar-refractivity contribution is 6.01. The molecule has 2 amide bonds. The third kappa shape index (κ3) is 11.6. The summed E-state index contributed by atoms with van der Waals surface area (Å²) in [5.74, 6) is -1.89. The summed E-state index contributed by atoms with van der Waals surface area (Å²) in [6, 6.07) is 0. The van der Waals surface area contributed by atoms with Crippen molar-refractivity contribution in [3.05, 3.63) is 12.2 Å². The number of nitrogens with zero attached hydrogens (tertiary/aromatic N) is 2. The van der Waals surface area contributed by atoms with Gasteiger partial charge in [0.25, 0.3) is 0 Å². The van der Waals surface area contributed by atoms with E-state index in [0.717, 1.165) is 32.1 Å². The lowest BCUT2D eigenvalue weighted by Crippen LogP contribution is -2.45. The number of cyclic esters (lactones) is 1. The molecule has 0 aliphatic carbocycles. The van der Waals surface area contributed by atoms with Crippen molar-refractivity contribution in [2.45, 2.75) is 90.8 Å². The molecule has 0 saturated carbocycles. The Morgan fingerprint density at radius 1 is 1.30 bits per heavy atom. The molecule has 1 unspecified atom stereocenters. The Kier molecular flexibility index (Phi) is 9.07. The van der Waals surface area contributed by atoms with Gasteiger partial charge in [0.1, 0.15) is 18.2 Å². The van der Waals surface area contributed by atoms with Crippen LogP contribution in [0.15, 0.2) is 17.1 Å². The van der Waals surface area contributed by atoms with Crippen LogP contribution in [-0.4, -0.2) is 54.1 Å². The fourth-order valence-corrected chi connectivity index (χ4v) is 2.71. The highest BCUT2D eigenvalue weighted by Crippen LogP contribution is 2.11. The van der Waals surface area contributed by atoms with E-state index in [9.17, 15) is 14.4 Å². The lowest BCUT2D eigenvalue weighted by atomic mass is 10.1. The quantitative estimate of drug-likeness (QED) is 0.504. The number of carbonyl (C=O) groups excluding carboxylic acids is 3. The zero-order valence-electron chi connectivity index (χ0n) is 21.5. The number of amides is 2. The molecular weight excluding hydrogens is 386 g/mol. The summed E-state index contributed by atoms with van der Waals surface area (Å²) in [5.41, 5.74) is -0.883. The molecule has 170 valence electrons. The van der Waals surface area contributed by atoms with Crippen LogP contribution in [0.3, 0.4) is 0 Å². The minimum atomic E-state index is -2.88. The topological polar surface area (TPSA) is 97.3 Å². The average Bonchev–Trinajstić information content (AvgIpc) is 2.66. The number of carbonyl (C=O) groups is 3. The van der Waals surface area contributed by atoms with Crippen molar-refractivity contribution in [2.75, 3.05) is 13.5 Å². The van der Waals surface area contributed by atoms with E-state index in [1.807, 2.05) is 13.0 Å². The van der Waals surface area contributed by atoms with Gasteiger partial charge in [-0.3, -0.25) is 14.9 Å². The molecule has 1 aliphatic rings. The predicted octanol–water partition coefficient (Wildman–Crippen LogP) is 3.95. The first-order valence-electron chi connectivity index (χ1n) is 12.1. The van der Waals surface area contributed by atoms with Crippen LogP contribution in [0.25, 0.3) is 0 Å². The minimum Gasteiger partial charge on any atom is -0.457 e. The normalized spacial score (nSPS) is 25.2. The lowest BCUT2D eigenvalue weighted by Gasteiger charge is -2.23. The maximum atomic E-state index is 12.6. The Bertz CT molecular complexity index is 730. The van der Waals surface area contributed by atoms with E-state index < -0.39 is 49.2 Å². The number of allylic oxidation sites excluding steroid dienone is 1. The molecule has 30 heavy (non-hydrogen) atoms. The van der Waals surface area contributed by atoms with Crippen molar-refractivity contribution in [2.24, 2.45) is 4.99 Å². The summed E-state index contributed by atoms with van der Waals surface area (Å²) in [6.07, 6.45) is 8.09. The van der Waals surface area contributed by atoms with Gasteiger partial charge in [0.15, 0.2) is 0 Å². The second-order valence-electron chi connectivity index (χ2n) is 8.22. The van der Waals surface area contributed by atoms with E-state index in [0.29, 0.717) is 17.7 Å². The SMILES string of the molecule is [2H]C([2H])([2H])N1CC(=O)OC(CC)/C=C\CCCCCCCC(=O)N/C1=N/C(=O)OC(C)(C)C. The summed E-state index contributed by atoms with van der Waals surface area (Å²) in [5, 5.41) is 2.38. The van der Waals surface area contributed by atoms with Crippen LogP contribution in [0.2, 0.25) is 0 Å². The van der Waals surface area contributed by atoms with Crippen LogP contribution in [0, 0.1) is 0 Å². The second kappa shape index (κ2) is 13.0. The Morgan fingerprint density at radius 3 is 2.67 bits per heavy atom. The van der Waals surface area contributed by atoms with Crippen LogP contribution >= 0.6 is 0 Å². The monoisotopic (exact) mass is 426 g/mol. The average molecular weight is 427 g/mol. The van der Waals surface area contributed by atoms with Crippen LogP contribution in [0.5, 0.6) is 0 Å². The first-order chi connectivity index (χ1) is 15.3. The van der Waals surface area contributed by atoms with E-state index >= 15 is 0 Å². The van der Waals surface area contributed by atoms with Crippen molar-refractivity contribution in [3.8, 4) is 0 Å². The number of ether oxygens (including phenoxy) is 2. The molecule has 0 bridgehead atoms. The summed E-state index contributed by atoms with van der Waals surface area (Å²) in [6.45, 7) is 3.12. The van der Waals surface area contributed by atoms with Gasteiger partial charge in [-0.1, -0.05) is 32.3 Å². The Balaban J connectivity index is 3.26. The van der Waals surface area contributed by atoms with Gasteiger partial charge >= 0.3 is 12.1 Å². The van der Waals surface area contributed by atoms with Crippen molar-refractivity contribution in [1.82, 2.24) is 10.2 Å². The van der Waals surface area contributed by atoms with Gasteiger partial charge in [-0.2, -0.15) is 0 Å². The van der Waals surface area contributed by atoms with Crippen LogP contribution in [-0.2, 0) is 19.1 Å².